The number of hydrogen-bond acceptors (Lipinski definition) is 3. The lowest BCUT2D eigenvalue weighted by Crippen LogP contribution is -2.37. The highest BCUT2D eigenvalue weighted by Gasteiger charge is 2.35. The Morgan fingerprint density at radius 2 is 1.68 bits per heavy atom. The van der Waals surface area contributed by atoms with Crippen LogP contribution in [0.25, 0.3) is 0 Å². The average molecular weight is 282 g/mol. The summed E-state index contributed by atoms with van der Waals surface area (Å²) in [5, 5.41) is 0.761. The van der Waals surface area contributed by atoms with Crippen molar-refractivity contribution in [3.8, 4) is 11.5 Å². The van der Waals surface area contributed by atoms with Crippen LogP contribution in [0.4, 0.5) is 0 Å². The number of benzene rings is 1. The van der Waals surface area contributed by atoms with Gasteiger partial charge in [-0.15, -0.1) is 0 Å². The maximum atomic E-state index is 6.47. The molecule has 0 saturated heterocycles. The van der Waals surface area contributed by atoms with E-state index in [-0.39, 0.29) is 5.41 Å². The van der Waals surface area contributed by atoms with Gasteiger partial charge in [-0.1, -0.05) is 30.9 Å². The monoisotopic (exact) mass is 281 g/mol. The molecule has 0 aromatic heterocycles. The zero-order valence-corrected chi connectivity index (χ0v) is 11.8. The summed E-state index contributed by atoms with van der Waals surface area (Å²) in [6.07, 6.45) is 5.97. The van der Waals surface area contributed by atoms with Gasteiger partial charge in [0.2, 0.25) is 0 Å². The molecule has 0 radical (unpaired) electrons. The Hall–Kier alpha value is -0.930. The normalized spacial score (nSPS) is 21.2. The molecule has 1 saturated carbocycles. The molecule has 1 aromatic carbocycles. The number of rotatable bonds is 2. The summed E-state index contributed by atoms with van der Waals surface area (Å²) < 4.78 is 11.2. The van der Waals surface area contributed by atoms with Crippen molar-refractivity contribution in [3.05, 3.63) is 22.7 Å². The van der Waals surface area contributed by atoms with Crippen LogP contribution in [-0.2, 0) is 5.41 Å². The number of ether oxygens (including phenoxy) is 2. The molecule has 0 unspecified atom stereocenters. The van der Waals surface area contributed by atoms with Crippen LogP contribution in [0.3, 0.4) is 0 Å². The van der Waals surface area contributed by atoms with Crippen LogP contribution in [0.2, 0.25) is 5.02 Å². The molecule has 4 heteroatoms. The van der Waals surface area contributed by atoms with Crippen LogP contribution < -0.4 is 15.2 Å². The van der Waals surface area contributed by atoms with E-state index in [1.54, 1.807) is 0 Å². The molecule has 0 amide bonds. The molecule has 1 fully saturated rings. The van der Waals surface area contributed by atoms with Gasteiger partial charge < -0.3 is 15.2 Å². The smallest absolute Gasteiger partial charge is 0.162 e. The third-order valence-electron chi connectivity index (χ3n) is 4.40. The Labute approximate surface area is 119 Å². The van der Waals surface area contributed by atoms with Gasteiger partial charge in [0.05, 0.1) is 0 Å². The Kier molecular flexibility index (Phi) is 3.59. The quantitative estimate of drug-likeness (QED) is 0.905. The van der Waals surface area contributed by atoms with Crippen molar-refractivity contribution in [2.45, 2.75) is 37.5 Å². The summed E-state index contributed by atoms with van der Waals surface area (Å²) in [6.45, 7) is 1.83. The first kappa shape index (κ1) is 13.1. The van der Waals surface area contributed by atoms with E-state index in [0.29, 0.717) is 19.8 Å². The molecule has 19 heavy (non-hydrogen) atoms. The summed E-state index contributed by atoms with van der Waals surface area (Å²) >= 11 is 6.47. The summed E-state index contributed by atoms with van der Waals surface area (Å²) in [7, 11) is 0. The van der Waals surface area contributed by atoms with Gasteiger partial charge >= 0.3 is 0 Å². The van der Waals surface area contributed by atoms with Crippen molar-refractivity contribution < 1.29 is 9.47 Å². The van der Waals surface area contributed by atoms with Gasteiger partial charge in [-0.25, -0.2) is 0 Å². The predicted molar refractivity (Wildman–Crippen MR) is 76.3 cm³/mol. The van der Waals surface area contributed by atoms with Crippen LogP contribution in [0.1, 0.15) is 37.7 Å². The van der Waals surface area contributed by atoms with Crippen molar-refractivity contribution in [1.29, 1.82) is 0 Å². The van der Waals surface area contributed by atoms with Crippen molar-refractivity contribution in [2.24, 2.45) is 5.73 Å². The maximum absolute atomic E-state index is 6.47. The highest BCUT2D eigenvalue weighted by molar-refractivity contribution is 6.31. The fourth-order valence-corrected chi connectivity index (χ4v) is 3.64. The molecule has 2 aliphatic rings. The topological polar surface area (TPSA) is 44.5 Å². The first-order valence-electron chi connectivity index (χ1n) is 7.05. The largest absolute Gasteiger partial charge is 0.486 e. The van der Waals surface area contributed by atoms with E-state index in [4.69, 9.17) is 26.8 Å². The minimum Gasteiger partial charge on any atom is -0.486 e. The summed E-state index contributed by atoms with van der Waals surface area (Å²) in [5.74, 6) is 1.56. The standard InChI is InChI=1S/C15H20ClNO2/c16-12-9-14-13(18-6-7-19-14)8-11(12)15(10-17)4-2-1-3-5-15/h8-9H,1-7,10,17H2. The van der Waals surface area contributed by atoms with E-state index in [1.165, 1.54) is 19.3 Å². The molecular formula is C15H20ClNO2. The zero-order valence-electron chi connectivity index (χ0n) is 11.1. The summed E-state index contributed by atoms with van der Waals surface area (Å²) in [5.41, 5.74) is 7.24. The van der Waals surface area contributed by atoms with Crippen LogP contribution in [-0.4, -0.2) is 19.8 Å². The highest BCUT2D eigenvalue weighted by Crippen LogP contribution is 2.45. The predicted octanol–water partition coefficient (Wildman–Crippen LogP) is 3.27. The lowest BCUT2D eigenvalue weighted by Gasteiger charge is -2.38. The first-order chi connectivity index (χ1) is 9.25. The van der Waals surface area contributed by atoms with Crippen LogP contribution in [0, 0.1) is 0 Å². The molecule has 0 bridgehead atoms. The van der Waals surface area contributed by atoms with E-state index in [2.05, 4.69) is 6.07 Å². The maximum Gasteiger partial charge on any atom is 0.162 e. The molecule has 3 nitrogen and oxygen atoms in total. The Morgan fingerprint density at radius 3 is 2.32 bits per heavy atom. The van der Waals surface area contributed by atoms with E-state index in [0.717, 1.165) is 34.9 Å². The minimum atomic E-state index is 0.0190. The number of hydrogen-bond donors (Lipinski definition) is 1. The van der Waals surface area contributed by atoms with E-state index in [9.17, 15) is 0 Å². The minimum absolute atomic E-state index is 0.0190. The van der Waals surface area contributed by atoms with Crippen molar-refractivity contribution in [2.75, 3.05) is 19.8 Å². The number of halogens is 1. The lowest BCUT2D eigenvalue weighted by molar-refractivity contribution is 0.170. The second-order valence-electron chi connectivity index (χ2n) is 5.52. The molecule has 0 atom stereocenters. The van der Waals surface area contributed by atoms with Gasteiger partial charge in [-0.3, -0.25) is 0 Å². The van der Waals surface area contributed by atoms with Gasteiger partial charge in [0.25, 0.3) is 0 Å². The van der Waals surface area contributed by atoms with Crippen molar-refractivity contribution in [1.82, 2.24) is 0 Å². The molecule has 2 N–H and O–H groups in total. The van der Waals surface area contributed by atoms with Crippen LogP contribution in [0.5, 0.6) is 11.5 Å². The fourth-order valence-electron chi connectivity index (χ4n) is 3.28. The second-order valence-corrected chi connectivity index (χ2v) is 5.93. The molecule has 1 aromatic rings. The molecule has 104 valence electrons. The third-order valence-corrected chi connectivity index (χ3v) is 4.72. The molecule has 1 aliphatic heterocycles. The average Bonchev–Trinajstić information content (AvgIpc) is 2.47. The summed E-state index contributed by atoms with van der Waals surface area (Å²) in [6, 6.07) is 3.94. The summed E-state index contributed by atoms with van der Waals surface area (Å²) in [4.78, 5) is 0. The molecular weight excluding hydrogens is 262 g/mol. The SMILES string of the molecule is NCC1(c2cc3c(cc2Cl)OCCO3)CCCCC1. The highest BCUT2D eigenvalue weighted by atomic mass is 35.5. The zero-order chi connectivity index (χ0) is 13.3. The van der Waals surface area contributed by atoms with Gasteiger partial charge in [0, 0.05) is 23.0 Å². The van der Waals surface area contributed by atoms with Crippen LogP contribution in [0.15, 0.2) is 12.1 Å². The lowest BCUT2D eigenvalue weighted by atomic mass is 9.69. The fraction of sp³-hybridized carbons (Fsp3) is 0.600. The Bertz CT molecular complexity index is 469. The van der Waals surface area contributed by atoms with Crippen molar-refractivity contribution in [3.63, 3.8) is 0 Å². The van der Waals surface area contributed by atoms with Gasteiger partial charge in [-0.05, 0) is 24.5 Å². The third kappa shape index (κ3) is 2.30. The van der Waals surface area contributed by atoms with Gasteiger partial charge in [0.15, 0.2) is 11.5 Å². The molecule has 1 heterocycles. The van der Waals surface area contributed by atoms with Gasteiger partial charge in [-0.2, -0.15) is 0 Å². The van der Waals surface area contributed by atoms with E-state index in [1.807, 2.05) is 6.07 Å². The van der Waals surface area contributed by atoms with E-state index < -0.39 is 0 Å². The van der Waals surface area contributed by atoms with E-state index >= 15 is 0 Å². The Balaban J connectivity index is 2.03. The molecule has 1 aliphatic carbocycles. The first-order valence-corrected chi connectivity index (χ1v) is 7.43. The number of fused-ring (bicyclic) bond motifs is 1. The second kappa shape index (κ2) is 5.22. The Morgan fingerprint density at radius 1 is 1.05 bits per heavy atom. The van der Waals surface area contributed by atoms with Gasteiger partial charge in [0.1, 0.15) is 13.2 Å². The van der Waals surface area contributed by atoms with Crippen LogP contribution >= 0.6 is 11.6 Å². The molecule has 3 rings (SSSR count). The number of nitrogens with two attached hydrogens (primary N) is 1. The molecule has 0 spiro atoms. The van der Waals surface area contributed by atoms with Crippen molar-refractivity contribution >= 4 is 11.6 Å².